The second kappa shape index (κ2) is 9.53. The third kappa shape index (κ3) is 5.16. The van der Waals surface area contributed by atoms with Gasteiger partial charge in [-0.05, 0) is 106 Å². The molecule has 0 saturated carbocycles. The average Bonchev–Trinajstić information content (AvgIpc) is 2.95. The van der Waals surface area contributed by atoms with Crippen molar-refractivity contribution < 1.29 is 19.1 Å². The molecule has 0 aliphatic carbocycles. The van der Waals surface area contributed by atoms with E-state index in [1.165, 1.54) is 4.90 Å². The molecule has 0 N–H and O–H groups in total. The second-order valence-electron chi connectivity index (χ2n) is 6.59. The molecule has 2 amide bonds. The molecule has 3 rings (SSSR count). The predicted molar refractivity (Wildman–Crippen MR) is 127 cm³/mol. The molecule has 29 heavy (non-hydrogen) atoms. The summed E-state index contributed by atoms with van der Waals surface area (Å²) >= 11 is 6.74. The number of imide groups is 1. The molecule has 5 nitrogen and oxygen atoms in total. The van der Waals surface area contributed by atoms with E-state index in [4.69, 9.17) is 9.47 Å². The first-order valence-electron chi connectivity index (χ1n) is 8.82. The molecule has 1 saturated heterocycles. The minimum atomic E-state index is -0.274. The Kier molecular flexibility index (Phi) is 7.28. The summed E-state index contributed by atoms with van der Waals surface area (Å²) in [4.78, 5) is 26.2. The smallest absolute Gasteiger partial charge is 0.293 e. The molecule has 0 atom stereocenters. The van der Waals surface area contributed by atoms with Crippen LogP contribution in [0.2, 0.25) is 0 Å². The number of halogens is 2. The molecule has 1 fully saturated rings. The van der Waals surface area contributed by atoms with Crippen LogP contribution in [0.15, 0.2) is 45.8 Å². The quantitative estimate of drug-likeness (QED) is 0.303. The number of thioether (sulfide) groups is 1. The van der Waals surface area contributed by atoms with Crippen molar-refractivity contribution in [2.75, 3.05) is 7.11 Å². The lowest BCUT2D eigenvalue weighted by molar-refractivity contribution is -0.123. The Morgan fingerprint density at radius 2 is 1.90 bits per heavy atom. The first-order chi connectivity index (χ1) is 13.8. The highest BCUT2D eigenvalue weighted by molar-refractivity contribution is 14.1. The van der Waals surface area contributed by atoms with Gasteiger partial charge in [-0.2, -0.15) is 0 Å². The highest BCUT2D eigenvalue weighted by atomic mass is 127. The summed E-state index contributed by atoms with van der Waals surface area (Å²) in [6.45, 7) is 4.04. The third-order valence-corrected chi connectivity index (χ3v) is 6.38. The van der Waals surface area contributed by atoms with Gasteiger partial charge in [0.1, 0.15) is 6.61 Å². The minimum Gasteiger partial charge on any atom is -0.493 e. The van der Waals surface area contributed by atoms with E-state index in [0.717, 1.165) is 26.5 Å². The summed E-state index contributed by atoms with van der Waals surface area (Å²) in [6, 6.07) is 11.5. The van der Waals surface area contributed by atoms with Crippen LogP contribution >= 0.6 is 50.3 Å². The van der Waals surface area contributed by atoms with Crippen molar-refractivity contribution in [1.82, 2.24) is 4.90 Å². The van der Waals surface area contributed by atoms with Gasteiger partial charge in [-0.3, -0.25) is 14.5 Å². The summed E-state index contributed by atoms with van der Waals surface area (Å²) in [5.41, 5.74) is 1.79. The van der Waals surface area contributed by atoms with Gasteiger partial charge in [0.2, 0.25) is 0 Å². The summed E-state index contributed by atoms with van der Waals surface area (Å²) in [5.74, 6) is 0.849. The van der Waals surface area contributed by atoms with Crippen molar-refractivity contribution >= 4 is 67.5 Å². The van der Waals surface area contributed by atoms with Crippen LogP contribution in [-0.2, 0) is 11.4 Å². The van der Waals surface area contributed by atoms with Crippen molar-refractivity contribution in [1.29, 1.82) is 0 Å². The van der Waals surface area contributed by atoms with E-state index in [-0.39, 0.29) is 17.2 Å². The zero-order chi connectivity index (χ0) is 21.1. The van der Waals surface area contributed by atoms with Crippen molar-refractivity contribution in [2.24, 2.45) is 0 Å². The van der Waals surface area contributed by atoms with Gasteiger partial charge >= 0.3 is 0 Å². The van der Waals surface area contributed by atoms with Crippen molar-refractivity contribution in [2.45, 2.75) is 26.5 Å². The Morgan fingerprint density at radius 1 is 1.21 bits per heavy atom. The van der Waals surface area contributed by atoms with E-state index in [2.05, 4.69) is 38.5 Å². The minimum absolute atomic E-state index is 0.174. The van der Waals surface area contributed by atoms with Gasteiger partial charge in [-0.15, -0.1) is 0 Å². The van der Waals surface area contributed by atoms with Crippen LogP contribution in [0.5, 0.6) is 11.5 Å². The van der Waals surface area contributed by atoms with Crippen molar-refractivity contribution in [3.8, 4) is 11.5 Å². The Balaban J connectivity index is 1.84. The van der Waals surface area contributed by atoms with Crippen LogP contribution in [0, 0.1) is 3.57 Å². The molecule has 0 radical (unpaired) electrons. The molecule has 152 valence electrons. The Morgan fingerprint density at radius 3 is 2.48 bits per heavy atom. The Hall–Kier alpha value is -1.52. The number of carbonyl (C=O) groups is 2. The number of methoxy groups -OCH3 is 1. The van der Waals surface area contributed by atoms with E-state index in [1.807, 2.05) is 44.2 Å². The number of ether oxygens (including phenoxy) is 2. The first-order valence-corrected chi connectivity index (χ1v) is 11.5. The van der Waals surface area contributed by atoms with Gasteiger partial charge in [0.05, 0.1) is 16.5 Å². The van der Waals surface area contributed by atoms with Gasteiger partial charge in [0, 0.05) is 9.61 Å². The monoisotopic (exact) mass is 587 g/mol. The summed E-state index contributed by atoms with van der Waals surface area (Å²) < 4.78 is 13.3. The fourth-order valence-corrected chi connectivity index (χ4v) is 4.67. The molecule has 8 heteroatoms. The molecule has 1 aliphatic rings. The number of hydrogen-bond acceptors (Lipinski definition) is 5. The molecule has 2 aromatic carbocycles. The molecule has 1 aliphatic heterocycles. The fraction of sp³-hybridized carbons (Fsp3) is 0.238. The van der Waals surface area contributed by atoms with Crippen LogP contribution < -0.4 is 9.47 Å². The largest absolute Gasteiger partial charge is 0.493 e. The number of nitrogens with zero attached hydrogens (tertiary/aromatic N) is 1. The topological polar surface area (TPSA) is 55.8 Å². The zero-order valence-electron chi connectivity index (χ0n) is 16.1. The lowest BCUT2D eigenvalue weighted by atomic mass is 10.1. The Bertz CT molecular complexity index is 975. The number of hydrogen-bond donors (Lipinski definition) is 0. The third-order valence-electron chi connectivity index (χ3n) is 4.19. The Labute approximate surface area is 196 Å². The number of rotatable bonds is 6. The maximum absolute atomic E-state index is 12.5. The summed E-state index contributed by atoms with van der Waals surface area (Å²) in [6.07, 6.45) is 1.70. The lowest BCUT2D eigenvalue weighted by Gasteiger charge is -2.16. The van der Waals surface area contributed by atoms with Gasteiger partial charge in [-0.1, -0.05) is 12.1 Å². The lowest BCUT2D eigenvalue weighted by Crippen LogP contribution is -2.34. The maximum atomic E-state index is 12.5. The SMILES string of the molecule is COc1cc(/C=C2/SC(=O)N(C(C)C)C2=O)cc(Br)c1OCc1ccc(I)cc1. The van der Waals surface area contributed by atoms with E-state index < -0.39 is 0 Å². The molecule has 0 spiro atoms. The molecule has 1 heterocycles. The molecule has 0 aromatic heterocycles. The predicted octanol–water partition coefficient (Wildman–Crippen LogP) is 6.09. The van der Waals surface area contributed by atoms with Crippen LogP contribution in [0.4, 0.5) is 4.79 Å². The van der Waals surface area contributed by atoms with Gasteiger partial charge < -0.3 is 9.47 Å². The summed E-state index contributed by atoms with van der Waals surface area (Å²) in [5, 5.41) is -0.250. The van der Waals surface area contributed by atoms with Crippen molar-refractivity contribution in [3.05, 3.63) is 60.5 Å². The van der Waals surface area contributed by atoms with Crippen molar-refractivity contribution in [3.63, 3.8) is 0 Å². The van der Waals surface area contributed by atoms with Crippen LogP contribution in [0.25, 0.3) is 6.08 Å². The highest BCUT2D eigenvalue weighted by Gasteiger charge is 2.36. The normalized spacial score (nSPS) is 15.5. The van der Waals surface area contributed by atoms with Gasteiger partial charge in [-0.25, -0.2) is 0 Å². The first kappa shape index (κ1) is 22.2. The molecule has 0 bridgehead atoms. The number of carbonyl (C=O) groups excluding carboxylic acids is 2. The van der Waals surface area contributed by atoms with E-state index in [1.54, 1.807) is 19.3 Å². The standard InChI is InChI=1S/C21H19BrINO4S/c1-12(2)24-20(25)18(29-21(24)26)10-14-8-16(22)19(17(9-14)27-3)28-11-13-4-6-15(23)7-5-13/h4-10,12H,11H2,1-3H3/b18-10+. The highest BCUT2D eigenvalue weighted by Crippen LogP contribution is 2.39. The molecular weight excluding hydrogens is 569 g/mol. The molecular formula is C21H19BrINO4S. The summed E-state index contributed by atoms with van der Waals surface area (Å²) in [7, 11) is 1.57. The van der Waals surface area contributed by atoms with Crippen LogP contribution in [0.1, 0.15) is 25.0 Å². The second-order valence-corrected chi connectivity index (χ2v) is 9.69. The average molecular weight is 588 g/mol. The van der Waals surface area contributed by atoms with Gasteiger partial charge in [0.25, 0.3) is 11.1 Å². The maximum Gasteiger partial charge on any atom is 0.293 e. The molecule has 0 unspecified atom stereocenters. The van der Waals surface area contributed by atoms with E-state index in [9.17, 15) is 9.59 Å². The zero-order valence-corrected chi connectivity index (χ0v) is 20.6. The van der Waals surface area contributed by atoms with Crippen LogP contribution in [-0.4, -0.2) is 29.2 Å². The number of benzene rings is 2. The van der Waals surface area contributed by atoms with E-state index in [0.29, 0.717) is 27.5 Å². The number of amides is 2. The molecule has 2 aromatic rings. The fourth-order valence-electron chi connectivity index (χ4n) is 2.78. The van der Waals surface area contributed by atoms with Crippen LogP contribution in [0.3, 0.4) is 0 Å². The van der Waals surface area contributed by atoms with Gasteiger partial charge in [0.15, 0.2) is 11.5 Å². The van der Waals surface area contributed by atoms with E-state index >= 15 is 0 Å².